The number of hydrogen-bond donors (Lipinski definition) is 2. The number of carbonyl (C=O) groups is 3. The first-order chi connectivity index (χ1) is 14.3. The van der Waals surface area contributed by atoms with Gasteiger partial charge in [0.05, 0.1) is 21.3 Å². The minimum Gasteiger partial charge on any atom is -0.493 e. The van der Waals surface area contributed by atoms with Crippen molar-refractivity contribution in [3.63, 3.8) is 0 Å². The largest absolute Gasteiger partial charge is 0.493 e. The molecule has 9 heteroatoms. The van der Waals surface area contributed by atoms with Crippen molar-refractivity contribution in [2.45, 2.75) is 25.8 Å². The van der Waals surface area contributed by atoms with Gasteiger partial charge in [0.25, 0.3) is 0 Å². The van der Waals surface area contributed by atoms with E-state index in [0.717, 1.165) is 0 Å². The molecule has 1 aliphatic heterocycles. The standard InChI is InChI=1S/C21H28N2O7/c1-13(21(26)27)22-20(25)15-9-11-23(12-10-15)17(24)8-6-14-5-7-16(28-2)19(30-4)18(14)29-3/h5-8,13,15H,9-12H2,1-4H3,(H,22,25)(H,26,27). The number of aliphatic carboxylic acids is 1. The summed E-state index contributed by atoms with van der Waals surface area (Å²) in [5.74, 6) is -0.416. The summed E-state index contributed by atoms with van der Waals surface area (Å²) in [6, 6.07) is 2.56. The van der Waals surface area contributed by atoms with Crippen LogP contribution in [0.3, 0.4) is 0 Å². The zero-order valence-electron chi connectivity index (χ0n) is 17.6. The molecule has 1 aromatic carbocycles. The normalized spacial score (nSPS) is 15.5. The molecule has 2 N–H and O–H groups in total. The maximum absolute atomic E-state index is 12.6. The highest BCUT2D eigenvalue weighted by atomic mass is 16.5. The number of ether oxygens (including phenoxy) is 3. The number of rotatable bonds is 8. The minimum atomic E-state index is -1.08. The topological polar surface area (TPSA) is 114 Å². The van der Waals surface area contributed by atoms with E-state index in [9.17, 15) is 14.4 Å². The molecule has 0 spiro atoms. The van der Waals surface area contributed by atoms with E-state index in [1.807, 2.05) is 0 Å². The van der Waals surface area contributed by atoms with Crippen LogP contribution in [0.15, 0.2) is 18.2 Å². The van der Waals surface area contributed by atoms with Crippen LogP contribution in [-0.4, -0.2) is 68.3 Å². The van der Waals surface area contributed by atoms with E-state index in [1.54, 1.807) is 23.1 Å². The molecule has 1 aliphatic rings. The van der Waals surface area contributed by atoms with Crippen molar-refractivity contribution in [2.24, 2.45) is 5.92 Å². The molecule has 1 heterocycles. The lowest BCUT2D eigenvalue weighted by Crippen LogP contribution is -2.46. The first-order valence-electron chi connectivity index (χ1n) is 9.61. The third-order valence-electron chi connectivity index (χ3n) is 5.05. The lowest BCUT2D eigenvalue weighted by Gasteiger charge is -2.31. The summed E-state index contributed by atoms with van der Waals surface area (Å²) >= 11 is 0. The van der Waals surface area contributed by atoms with Crippen LogP contribution in [0.4, 0.5) is 0 Å². The van der Waals surface area contributed by atoms with Crippen LogP contribution in [0.25, 0.3) is 6.08 Å². The van der Waals surface area contributed by atoms with E-state index < -0.39 is 12.0 Å². The number of carboxylic acid groups (broad SMARTS) is 1. The zero-order chi connectivity index (χ0) is 22.3. The number of amides is 2. The fourth-order valence-electron chi connectivity index (χ4n) is 3.28. The molecular formula is C21H28N2O7. The number of nitrogens with one attached hydrogen (secondary N) is 1. The maximum atomic E-state index is 12.6. The van der Waals surface area contributed by atoms with Gasteiger partial charge in [-0.1, -0.05) is 0 Å². The SMILES string of the molecule is COc1ccc(C=CC(=O)N2CCC(C(=O)NC(C)C(=O)O)CC2)c(OC)c1OC. The Morgan fingerprint density at radius 3 is 2.27 bits per heavy atom. The molecule has 2 amide bonds. The number of nitrogens with zero attached hydrogens (tertiary/aromatic N) is 1. The Balaban J connectivity index is 1.99. The predicted molar refractivity (Wildman–Crippen MR) is 110 cm³/mol. The molecule has 1 fully saturated rings. The third kappa shape index (κ3) is 5.43. The van der Waals surface area contributed by atoms with E-state index in [0.29, 0.717) is 48.7 Å². The fraction of sp³-hybridized carbons (Fsp3) is 0.476. The average molecular weight is 420 g/mol. The molecule has 164 valence electrons. The van der Waals surface area contributed by atoms with Gasteiger partial charge in [0.15, 0.2) is 11.5 Å². The van der Waals surface area contributed by atoms with Gasteiger partial charge in [-0.25, -0.2) is 0 Å². The molecule has 9 nitrogen and oxygen atoms in total. The van der Waals surface area contributed by atoms with Crippen molar-refractivity contribution >= 4 is 23.9 Å². The second kappa shape index (κ2) is 10.5. The van der Waals surface area contributed by atoms with Gasteiger partial charge in [-0.3, -0.25) is 14.4 Å². The Bertz CT molecular complexity index is 814. The molecule has 1 aromatic rings. The van der Waals surface area contributed by atoms with Crippen molar-refractivity contribution in [1.82, 2.24) is 10.2 Å². The van der Waals surface area contributed by atoms with E-state index in [1.165, 1.54) is 34.3 Å². The van der Waals surface area contributed by atoms with Crippen molar-refractivity contribution < 1.29 is 33.7 Å². The fourth-order valence-corrected chi connectivity index (χ4v) is 3.28. The van der Waals surface area contributed by atoms with Gasteiger partial charge in [-0.15, -0.1) is 0 Å². The summed E-state index contributed by atoms with van der Waals surface area (Å²) in [6.45, 7) is 2.27. The van der Waals surface area contributed by atoms with Crippen LogP contribution in [0.1, 0.15) is 25.3 Å². The van der Waals surface area contributed by atoms with Gasteiger partial charge in [-0.2, -0.15) is 0 Å². The molecule has 0 aromatic heterocycles. The number of carbonyl (C=O) groups excluding carboxylic acids is 2. The van der Waals surface area contributed by atoms with Crippen LogP contribution in [-0.2, 0) is 14.4 Å². The first-order valence-corrected chi connectivity index (χ1v) is 9.61. The summed E-state index contributed by atoms with van der Waals surface area (Å²) in [5, 5.41) is 11.4. The summed E-state index contributed by atoms with van der Waals surface area (Å²) in [4.78, 5) is 37.2. The van der Waals surface area contributed by atoms with E-state index in [4.69, 9.17) is 19.3 Å². The quantitative estimate of drug-likeness (QED) is 0.613. The van der Waals surface area contributed by atoms with Gasteiger partial charge in [0, 0.05) is 30.6 Å². The smallest absolute Gasteiger partial charge is 0.325 e. The molecule has 30 heavy (non-hydrogen) atoms. The van der Waals surface area contributed by atoms with Crippen LogP contribution in [0, 0.1) is 5.92 Å². The van der Waals surface area contributed by atoms with Gasteiger partial charge in [0.1, 0.15) is 6.04 Å². The first kappa shape index (κ1) is 23.1. The van der Waals surface area contributed by atoms with Gasteiger partial charge >= 0.3 is 5.97 Å². The molecule has 0 aliphatic carbocycles. The van der Waals surface area contributed by atoms with Gasteiger partial charge < -0.3 is 29.5 Å². The molecule has 0 radical (unpaired) electrons. The number of hydrogen-bond acceptors (Lipinski definition) is 6. The minimum absolute atomic E-state index is 0.176. The Morgan fingerprint density at radius 1 is 1.10 bits per heavy atom. The summed E-state index contributed by atoms with van der Waals surface area (Å²) in [6.07, 6.45) is 4.07. The van der Waals surface area contributed by atoms with Gasteiger partial charge in [-0.05, 0) is 38.0 Å². The molecule has 2 rings (SSSR count). The molecule has 1 atom stereocenters. The average Bonchev–Trinajstić information content (AvgIpc) is 2.76. The predicted octanol–water partition coefficient (Wildman–Crippen LogP) is 1.55. The second-order valence-electron chi connectivity index (χ2n) is 6.92. The Hall–Kier alpha value is -3.23. The van der Waals surface area contributed by atoms with Crippen LogP contribution in [0.2, 0.25) is 0 Å². The zero-order valence-corrected chi connectivity index (χ0v) is 17.6. The summed E-state index contributed by atoms with van der Waals surface area (Å²) < 4.78 is 16.0. The highest BCUT2D eigenvalue weighted by molar-refractivity contribution is 5.93. The van der Waals surface area contributed by atoms with Crippen molar-refractivity contribution in [3.8, 4) is 17.2 Å². The molecule has 0 bridgehead atoms. The number of methoxy groups -OCH3 is 3. The second-order valence-corrected chi connectivity index (χ2v) is 6.92. The number of carboxylic acids is 1. The highest BCUT2D eigenvalue weighted by Gasteiger charge is 2.28. The van der Waals surface area contributed by atoms with Crippen molar-refractivity contribution in [2.75, 3.05) is 34.4 Å². The van der Waals surface area contributed by atoms with Crippen molar-refractivity contribution in [1.29, 1.82) is 0 Å². The summed E-state index contributed by atoms with van der Waals surface area (Å²) in [7, 11) is 4.55. The number of likely N-dealkylation sites (tertiary alicyclic amines) is 1. The molecule has 1 unspecified atom stereocenters. The summed E-state index contributed by atoms with van der Waals surface area (Å²) in [5.41, 5.74) is 0.667. The Morgan fingerprint density at radius 2 is 1.73 bits per heavy atom. The lowest BCUT2D eigenvalue weighted by atomic mass is 9.95. The van der Waals surface area contributed by atoms with Crippen LogP contribution < -0.4 is 19.5 Å². The molecular weight excluding hydrogens is 392 g/mol. The van der Waals surface area contributed by atoms with Crippen LogP contribution >= 0.6 is 0 Å². The number of piperidine rings is 1. The third-order valence-corrected chi connectivity index (χ3v) is 5.05. The van der Waals surface area contributed by atoms with Gasteiger partial charge in [0.2, 0.25) is 17.6 Å². The van der Waals surface area contributed by atoms with Crippen molar-refractivity contribution in [3.05, 3.63) is 23.8 Å². The lowest BCUT2D eigenvalue weighted by molar-refractivity contribution is -0.142. The van der Waals surface area contributed by atoms with E-state index in [2.05, 4.69) is 5.32 Å². The molecule has 0 saturated carbocycles. The highest BCUT2D eigenvalue weighted by Crippen LogP contribution is 2.40. The maximum Gasteiger partial charge on any atom is 0.325 e. The van der Waals surface area contributed by atoms with E-state index in [-0.39, 0.29) is 17.7 Å². The Labute approximate surface area is 175 Å². The molecule has 1 saturated heterocycles. The van der Waals surface area contributed by atoms with Crippen LogP contribution in [0.5, 0.6) is 17.2 Å². The van der Waals surface area contributed by atoms with E-state index >= 15 is 0 Å². The Kier molecular flexibility index (Phi) is 8.08. The number of benzene rings is 1. The monoisotopic (exact) mass is 420 g/mol.